The Morgan fingerprint density at radius 1 is 1.50 bits per heavy atom. The highest BCUT2D eigenvalue weighted by Crippen LogP contribution is 2.24. The van der Waals surface area contributed by atoms with Crippen LogP contribution in [-0.4, -0.2) is 49.7 Å². The molecule has 0 radical (unpaired) electrons. The Morgan fingerprint density at radius 2 is 2.30 bits per heavy atom. The molecule has 1 fully saturated rings. The molecule has 0 spiro atoms. The van der Waals surface area contributed by atoms with Crippen molar-refractivity contribution in [1.29, 1.82) is 0 Å². The van der Waals surface area contributed by atoms with Crippen molar-refractivity contribution in [2.45, 2.75) is 32.2 Å². The van der Waals surface area contributed by atoms with Crippen molar-refractivity contribution in [2.75, 3.05) is 44.4 Å². The SMILES string of the molecule is CCCOc1nc(N(C)CC2CCCN2C)ccc1N. The molecule has 1 aliphatic heterocycles. The van der Waals surface area contributed by atoms with Crippen molar-refractivity contribution in [1.82, 2.24) is 9.88 Å². The number of pyridine rings is 1. The summed E-state index contributed by atoms with van der Waals surface area (Å²) in [6.45, 7) is 4.90. The van der Waals surface area contributed by atoms with Gasteiger partial charge in [0.05, 0.1) is 12.3 Å². The zero-order valence-electron chi connectivity index (χ0n) is 12.8. The zero-order valence-corrected chi connectivity index (χ0v) is 12.8. The fourth-order valence-electron chi connectivity index (χ4n) is 2.59. The Balaban J connectivity index is 2.03. The largest absolute Gasteiger partial charge is 0.476 e. The molecular weight excluding hydrogens is 252 g/mol. The van der Waals surface area contributed by atoms with E-state index in [2.05, 4.69) is 35.8 Å². The lowest BCUT2D eigenvalue weighted by atomic mass is 10.2. The fourth-order valence-corrected chi connectivity index (χ4v) is 2.59. The van der Waals surface area contributed by atoms with Crippen LogP contribution in [0.1, 0.15) is 26.2 Å². The Kier molecular flexibility index (Phi) is 5.06. The molecule has 1 atom stereocenters. The predicted octanol–water partition coefficient (Wildman–Crippen LogP) is 1.98. The van der Waals surface area contributed by atoms with E-state index in [4.69, 9.17) is 10.5 Å². The van der Waals surface area contributed by atoms with E-state index in [0.29, 0.717) is 24.2 Å². The van der Waals surface area contributed by atoms with Gasteiger partial charge in [0.15, 0.2) is 0 Å². The molecule has 1 aromatic heterocycles. The maximum Gasteiger partial charge on any atom is 0.239 e. The number of anilines is 2. The summed E-state index contributed by atoms with van der Waals surface area (Å²) in [5, 5.41) is 0. The Morgan fingerprint density at radius 3 is 2.95 bits per heavy atom. The average Bonchev–Trinajstić information content (AvgIpc) is 2.83. The van der Waals surface area contributed by atoms with E-state index < -0.39 is 0 Å². The van der Waals surface area contributed by atoms with Gasteiger partial charge in [0.2, 0.25) is 5.88 Å². The van der Waals surface area contributed by atoms with E-state index in [9.17, 15) is 0 Å². The molecule has 0 aromatic carbocycles. The van der Waals surface area contributed by atoms with Crippen molar-refractivity contribution in [2.24, 2.45) is 0 Å². The highest BCUT2D eigenvalue weighted by Gasteiger charge is 2.22. The van der Waals surface area contributed by atoms with Crippen LogP contribution in [0.25, 0.3) is 0 Å². The summed E-state index contributed by atoms with van der Waals surface area (Å²) in [7, 11) is 4.27. The van der Waals surface area contributed by atoms with Gasteiger partial charge in [-0.2, -0.15) is 4.98 Å². The molecule has 5 nitrogen and oxygen atoms in total. The van der Waals surface area contributed by atoms with Crippen molar-refractivity contribution in [3.63, 3.8) is 0 Å². The first-order valence-electron chi connectivity index (χ1n) is 7.42. The van der Waals surface area contributed by atoms with E-state index in [0.717, 1.165) is 18.8 Å². The number of likely N-dealkylation sites (N-methyl/N-ethyl adjacent to an activating group) is 2. The molecule has 0 bridgehead atoms. The third-order valence-electron chi connectivity index (χ3n) is 3.87. The van der Waals surface area contributed by atoms with Gasteiger partial charge in [-0.05, 0) is 45.0 Å². The molecule has 0 amide bonds. The molecule has 20 heavy (non-hydrogen) atoms. The molecule has 2 heterocycles. The van der Waals surface area contributed by atoms with Crippen LogP contribution in [0.15, 0.2) is 12.1 Å². The van der Waals surface area contributed by atoms with Crippen LogP contribution in [0.3, 0.4) is 0 Å². The van der Waals surface area contributed by atoms with E-state index in [1.54, 1.807) is 0 Å². The second kappa shape index (κ2) is 6.79. The second-order valence-electron chi connectivity index (χ2n) is 5.57. The number of nitrogens with two attached hydrogens (primary N) is 1. The third-order valence-corrected chi connectivity index (χ3v) is 3.87. The fraction of sp³-hybridized carbons (Fsp3) is 0.667. The summed E-state index contributed by atoms with van der Waals surface area (Å²) in [6.07, 6.45) is 3.50. The highest BCUT2D eigenvalue weighted by atomic mass is 16.5. The van der Waals surface area contributed by atoms with Gasteiger partial charge in [-0.3, -0.25) is 0 Å². The number of nitrogens with zero attached hydrogens (tertiary/aromatic N) is 3. The van der Waals surface area contributed by atoms with Gasteiger partial charge in [-0.1, -0.05) is 6.92 Å². The number of hydrogen-bond acceptors (Lipinski definition) is 5. The molecule has 0 saturated carbocycles. The van der Waals surface area contributed by atoms with Crippen LogP contribution in [0.4, 0.5) is 11.5 Å². The molecule has 112 valence electrons. The van der Waals surface area contributed by atoms with Crippen LogP contribution < -0.4 is 15.4 Å². The Hall–Kier alpha value is -1.49. The molecule has 1 aliphatic rings. The minimum Gasteiger partial charge on any atom is -0.476 e. The number of aromatic nitrogens is 1. The summed E-state index contributed by atoms with van der Waals surface area (Å²) in [6, 6.07) is 4.45. The van der Waals surface area contributed by atoms with Crippen molar-refractivity contribution in [3.05, 3.63) is 12.1 Å². The van der Waals surface area contributed by atoms with Crippen molar-refractivity contribution < 1.29 is 4.74 Å². The van der Waals surface area contributed by atoms with Gasteiger partial charge in [-0.15, -0.1) is 0 Å². The summed E-state index contributed by atoms with van der Waals surface area (Å²) in [4.78, 5) is 9.14. The quantitative estimate of drug-likeness (QED) is 0.862. The lowest BCUT2D eigenvalue weighted by Gasteiger charge is -2.26. The highest BCUT2D eigenvalue weighted by molar-refractivity contribution is 5.54. The van der Waals surface area contributed by atoms with E-state index in [-0.39, 0.29) is 0 Å². The molecule has 2 N–H and O–H groups in total. The topological polar surface area (TPSA) is 54.6 Å². The predicted molar refractivity (Wildman–Crippen MR) is 83.4 cm³/mol. The molecule has 1 aromatic rings. The summed E-state index contributed by atoms with van der Waals surface area (Å²) >= 11 is 0. The van der Waals surface area contributed by atoms with Gasteiger partial charge >= 0.3 is 0 Å². The maximum atomic E-state index is 5.90. The lowest BCUT2D eigenvalue weighted by Crippen LogP contribution is -2.37. The molecular formula is C15H26N4O. The summed E-state index contributed by atoms with van der Waals surface area (Å²) < 4.78 is 5.59. The normalized spacial score (nSPS) is 19.2. The molecule has 2 rings (SSSR count). The molecule has 1 unspecified atom stereocenters. The first kappa shape index (κ1) is 14.9. The maximum absolute atomic E-state index is 5.90. The summed E-state index contributed by atoms with van der Waals surface area (Å²) in [5.74, 6) is 1.47. The second-order valence-corrected chi connectivity index (χ2v) is 5.57. The van der Waals surface area contributed by atoms with Crippen LogP contribution >= 0.6 is 0 Å². The average molecular weight is 278 g/mol. The molecule has 1 saturated heterocycles. The van der Waals surface area contributed by atoms with Crippen LogP contribution in [0.5, 0.6) is 5.88 Å². The summed E-state index contributed by atoms with van der Waals surface area (Å²) in [5.41, 5.74) is 6.51. The zero-order chi connectivity index (χ0) is 14.5. The smallest absolute Gasteiger partial charge is 0.239 e. The van der Waals surface area contributed by atoms with Gasteiger partial charge in [0.25, 0.3) is 0 Å². The first-order valence-corrected chi connectivity index (χ1v) is 7.42. The van der Waals surface area contributed by atoms with E-state index >= 15 is 0 Å². The lowest BCUT2D eigenvalue weighted by molar-refractivity contribution is 0.305. The van der Waals surface area contributed by atoms with Gasteiger partial charge < -0.3 is 20.3 Å². The number of likely N-dealkylation sites (tertiary alicyclic amines) is 1. The Labute approximate surface area is 121 Å². The van der Waals surface area contributed by atoms with E-state index in [1.165, 1.54) is 19.4 Å². The minimum atomic E-state index is 0.552. The standard InChI is InChI=1S/C15H26N4O/c1-4-10-20-15-13(16)7-8-14(17-15)19(3)11-12-6-5-9-18(12)2/h7-8,12H,4-6,9-11,16H2,1-3H3. The van der Waals surface area contributed by atoms with Crippen LogP contribution in [0.2, 0.25) is 0 Å². The van der Waals surface area contributed by atoms with Crippen molar-refractivity contribution >= 4 is 11.5 Å². The first-order chi connectivity index (χ1) is 9.61. The van der Waals surface area contributed by atoms with Gasteiger partial charge in [0, 0.05) is 19.6 Å². The van der Waals surface area contributed by atoms with Gasteiger partial charge in [0.1, 0.15) is 5.82 Å². The van der Waals surface area contributed by atoms with Gasteiger partial charge in [-0.25, -0.2) is 0 Å². The number of nitrogen functional groups attached to an aromatic ring is 1. The van der Waals surface area contributed by atoms with Crippen LogP contribution in [-0.2, 0) is 0 Å². The van der Waals surface area contributed by atoms with Crippen molar-refractivity contribution in [3.8, 4) is 5.88 Å². The number of rotatable bonds is 6. The number of ether oxygens (including phenoxy) is 1. The molecule has 0 aliphatic carbocycles. The monoisotopic (exact) mass is 278 g/mol. The minimum absolute atomic E-state index is 0.552. The number of hydrogen-bond donors (Lipinski definition) is 1. The van der Waals surface area contributed by atoms with Crippen LogP contribution in [0, 0.1) is 0 Å². The molecule has 5 heteroatoms. The van der Waals surface area contributed by atoms with E-state index in [1.807, 2.05) is 12.1 Å². The Bertz CT molecular complexity index is 438. The third kappa shape index (κ3) is 3.54.